The molecule has 2 aliphatic heterocycles. The van der Waals surface area contributed by atoms with Crippen molar-refractivity contribution in [3.05, 3.63) is 58.7 Å². The maximum absolute atomic E-state index is 13.8. The van der Waals surface area contributed by atoms with Gasteiger partial charge in [0.15, 0.2) is 0 Å². The molecule has 0 saturated carbocycles. The lowest BCUT2D eigenvalue weighted by atomic mass is 10.0. The number of likely N-dealkylation sites (N-methyl/N-ethyl adjacent to an activating group) is 2. The Hall–Kier alpha value is -2.77. The molecule has 0 fully saturated rings. The van der Waals surface area contributed by atoms with Gasteiger partial charge in [-0.05, 0) is 69.9 Å². The van der Waals surface area contributed by atoms with Crippen LogP contribution in [0.15, 0.2) is 30.3 Å². The third-order valence-electron chi connectivity index (χ3n) is 6.25. The number of fused-ring (bicyclic) bond motifs is 2. The number of anilines is 1. The van der Waals surface area contributed by atoms with Crippen LogP contribution in [0.4, 0.5) is 10.1 Å². The number of aromatic nitrogens is 1. The molecule has 1 aromatic heterocycles. The van der Waals surface area contributed by atoms with E-state index in [9.17, 15) is 9.18 Å². The van der Waals surface area contributed by atoms with Gasteiger partial charge in [0, 0.05) is 35.6 Å². The zero-order valence-electron chi connectivity index (χ0n) is 19.1. The summed E-state index contributed by atoms with van der Waals surface area (Å²) >= 11 is 0. The number of benzene rings is 1. The molecule has 170 valence electrons. The summed E-state index contributed by atoms with van der Waals surface area (Å²) < 4.78 is 19.6. The zero-order valence-corrected chi connectivity index (χ0v) is 19.1. The minimum absolute atomic E-state index is 0.273. The Morgan fingerprint density at radius 1 is 1.09 bits per heavy atom. The Kier molecular flexibility index (Phi) is 6.86. The Morgan fingerprint density at radius 2 is 1.91 bits per heavy atom. The Bertz CT molecular complexity index is 1030. The Morgan fingerprint density at radius 3 is 2.69 bits per heavy atom. The normalized spacial score (nSPS) is 17.0. The predicted octanol–water partition coefficient (Wildman–Crippen LogP) is 3.78. The van der Waals surface area contributed by atoms with E-state index in [-0.39, 0.29) is 11.7 Å². The van der Waals surface area contributed by atoms with E-state index in [0.29, 0.717) is 29.2 Å². The zero-order chi connectivity index (χ0) is 22.7. The monoisotopic (exact) mass is 438 g/mol. The summed E-state index contributed by atoms with van der Waals surface area (Å²) in [7, 11) is 2.17. The third-order valence-corrected chi connectivity index (χ3v) is 6.25. The fourth-order valence-electron chi connectivity index (χ4n) is 4.29. The number of amides is 1. The fourth-order valence-corrected chi connectivity index (χ4v) is 4.29. The van der Waals surface area contributed by atoms with E-state index >= 15 is 0 Å². The maximum Gasteiger partial charge on any atom is 0.260 e. The number of hydrogen-bond acceptors (Lipinski definition) is 5. The lowest BCUT2D eigenvalue weighted by Crippen LogP contribution is -2.33. The van der Waals surface area contributed by atoms with E-state index < -0.39 is 0 Å². The average Bonchev–Trinajstić information content (AvgIpc) is 3.33. The average molecular weight is 439 g/mol. The molecule has 1 N–H and O–H groups in total. The van der Waals surface area contributed by atoms with Crippen molar-refractivity contribution in [3.63, 3.8) is 0 Å². The van der Waals surface area contributed by atoms with Gasteiger partial charge in [-0.25, -0.2) is 4.39 Å². The van der Waals surface area contributed by atoms with Crippen LogP contribution in [-0.2, 0) is 22.6 Å². The molecule has 0 bridgehead atoms. The molecule has 1 amide bonds. The SMILES string of the molecule is CCN(CC)CCN(C)CCCc1ccc2c(n1)CO/C2=C1/C(=O)Nc2ccc(F)cc21. The van der Waals surface area contributed by atoms with E-state index in [1.807, 2.05) is 12.1 Å². The van der Waals surface area contributed by atoms with Gasteiger partial charge in [0.05, 0.1) is 11.3 Å². The lowest BCUT2D eigenvalue weighted by Gasteiger charge is -2.22. The van der Waals surface area contributed by atoms with Crippen molar-refractivity contribution in [1.29, 1.82) is 0 Å². The quantitative estimate of drug-likeness (QED) is 0.604. The number of rotatable bonds is 9. The highest BCUT2D eigenvalue weighted by molar-refractivity contribution is 6.36. The first-order valence-electron chi connectivity index (χ1n) is 11.4. The molecular weight excluding hydrogens is 407 g/mol. The predicted molar refractivity (Wildman–Crippen MR) is 124 cm³/mol. The summed E-state index contributed by atoms with van der Waals surface area (Å²) in [5, 5.41) is 2.79. The molecule has 0 radical (unpaired) electrons. The summed E-state index contributed by atoms with van der Waals surface area (Å²) in [6.45, 7) is 10.1. The molecule has 0 saturated heterocycles. The standard InChI is InChI=1S/C25H31FN4O2/c1-4-30(5-2)14-13-29(3)12-6-7-18-9-10-19-22(27-18)16-32-24(19)23-20-15-17(26)8-11-21(20)28-25(23)31/h8-11,15H,4-7,12-14,16H2,1-3H3,(H,28,31)/b24-23+. The highest BCUT2D eigenvalue weighted by Crippen LogP contribution is 2.41. The summed E-state index contributed by atoms with van der Waals surface area (Å²) in [4.78, 5) is 22.1. The van der Waals surface area contributed by atoms with Crippen molar-refractivity contribution in [2.75, 3.05) is 45.1 Å². The molecule has 6 nitrogen and oxygen atoms in total. The van der Waals surface area contributed by atoms with Gasteiger partial charge in [0.25, 0.3) is 5.91 Å². The molecule has 0 aliphatic carbocycles. The minimum Gasteiger partial charge on any atom is -0.486 e. The van der Waals surface area contributed by atoms with Gasteiger partial charge in [-0.1, -0.05) is 13.8 Å². The summed E-state index contributed by atoms with van der Waals surface area (Å²) in [6, 6.07) is 8.26. The van der Waals surface area contributed by atoms with Crippen LogP contribution in [0.2, 0.25) is 0 Å². The van der Waals surface area contributed by atoms with Gasteiger partial charge in [-0.15, -0.1) is 0 Å². The van der Waals surface area contributed by atoms with Crippen molar-refractivity contribution in [2.24, 2.45) is 0 Å². The van der Waals surface area contributed by atoms with Crippen LogP contribution >= 0.6 is 0 Å². The second-order valence-corrected chi connectivity index (χ2v) is 8.37. The number of pyridine rings is 1. The first-order chi connectivity index (χ1) is 15.5. The fraction of sp³-hybridized carbons (Fsp3) is 0.440. The molecule has 0 spiro atoms. The lowest BCUT2D eigenvalue weighted by molar-refractivity contribution is -0.110. The molecule has 2 aromatic rings. The van der Waals surface area contributed by atoms with E-state index in [1.165, 1.54) is 12.1 Å². The van der Waals surface area contributed by atoms with Crippen LogP contribution in [0.25, 0.3) is 11.3 Å². The van der Waals surface area contributed by atoms with Gasteiger partial charge in [-0.2, -0.15) is 0 Å². The Balaban J connectivity index is 1.41. The molecule has 0 unspecified atom stereocenters. The number of carbonyl (C=O) groups is 1. The molecule has 7 heteroatoms. The molecule has 2 aliphatic rings. The van der Waals surface area contributed by atoms with E-state index in [1.54, 1.807) is 6.07 Å². The molecule has 1 aromatic carbocycles. The largest absolute Gasteiger partial charge is 0.486 e. The van der Waals surface area contributed by atoms with Crippen molar-refractivity contribution >= 4 is 22.9 Å². The van der Waals surface area contributed by atoms with E-state index in [4.69, 9.17) is 9.72 Å². The van der Waals surface area contributed by atoms with Gasteiger partial charge in [0.2, 0.25) is 0 Å². The van der Waals surface area contributed by atoms with Crippen LogP contribution in [0.3, 0.4) is 0 Å². The van der Waals surface area contributed by atoms with Gasteiger partial charge < -0.3 is 19.9 Å². The summed E-state index contributed by atoms with van der Waals surface area (Å²) in [5.74, 6) is -0.172. The first-order valence-corrected chi connectivity index (χ1v) is 11.4. The van der Waals surface area contributed by atoms with Gasteiger partial charge in [0.1, 0.15) is 18.2 Å². The number of aryl methyl sites for hydroxylation is 1. The molecule has 32 heavy (non-hydrogen) atoms. The number of ether oxygens (including phenoxy) is 1. The van der Waals surface area contributed by atoms with Crippen LogP contribution in [0.1, 0.15) is 42.8 Å². The smallest absolute Gasteiger partial charge is 0.260 e. The van der Waals surface area contributed by atoms with E-state index in [2.05, 4.69) is 36.0 Å². The number of nitrogens with zero attached hydrogens (tertiary/aromatic N) is 3. The van der Waals surface area contributed by atoms with Gasteiger partial charge in [-0.3, -0.25) is 9.78 Å². The number of carbonyl (C=O) groups excluding carboxylic acids is 1. The minimum atomic E-state index is -0.382. The Labute approximate surface area is 189 Å². The molecule has 3 heterocycles. The number of hydrogen-bond donors (Lipinski definition) is 1. The number of nitrogens with one attached hydrogen (secondary N) is 1. The van der Waals surface area contributed by atoms with E-state index in [0.717, 1.165) is 62.5 Å². The van der Waals surface area contributed by atoms with Crippen LogP contribution in [0.5, 0.6) is 0 Å². The first kappa shape index (κ1) is 22.4. The topological polar surface area (TPSA) is 57.7 Å². The van der Waals surface area contributed by atoms with Crippen LogP contribution < -0.4 is 5.32 Å². The molecule has 0 atom stereocenters. The molecule has 4 rings (SSSR count). The molecular formula is C25H31FN4O2. The van der Waals surface area contributed by atoms with Crippen LogP contribution in [0, 0.1) is 5.82 Å². The van der Waals surface area contributed by atoms with Crippen LogP contribution in [-0.4, -0.2) is 60.5 Å². The van der Waals surface area contributed by atoms with Crippen molar-refractivity contribution in [1.82, 2.24) is 14.8 Å². The second-order valence-electron chi connectivity index (χ2n) is 8.37. The highest BCUT2D eigenvalue weighted by atomic mass is 19.1. The maximum atomic E-state index is 13.8. The third kappa shape index (κ3) is 4.69. The highest BCUT2D eigenvalue weighted by Gasteiger charge is 2.33. The van der Waals surface area contributed by atoms with Crippen molar-refractivity contribution in [3.8, 4) is 0 Å². The second kappa shape index (κ2) is 9.79. The van der Waals surface area contributed by atoms with Crippen molar-refractivity contribution < 1.29 is 13.9 Å². The summed E-state index contributed by atoms with van der Waals surface area (Å²) in [6.07, 6.45) is 1.92. The van der Waals surface area contributed by atoms with Gasteiger partial charge >= 0.3 is 0 Å². The number of halogens is 1. The van der Waals surface area contributed by atoms with Crippen molar-refractivity contribution in [2.45, 2.75) is 33.3 Å². The summed E-state index contributed by atoms with van der Waals surface area (Å²) in [5.41, 5.74) is 4.19.